The Morgan fingerprint density at radius 2 is 2.03 bits per heavy atom. The van der Waals surface area contributed by atoms with E-state index in [1.807, 2.05) is 20.9 Å². The molecule has 0 spiro atoms. The number of nitrogens with one attached hydrogen (secondary N) is 3. The number of oxazole rings is 1. The number of aromatic nitrogens is 1. The van der Waals surface area contributed by atoms with E-state index in [-0.39, 0.29) is 28.8 Å². The summed E-state index contributed by atoms with van der Waals surface area (Å²) in [5.74, 6) is 0.761. The molecule has 3 N–H and O–H groups in total. The second-order valence-electron chi connectivity index (χ2n) is 10.0. The predicted molar refractivity (Wildman–Crippen MR) is 143 cm³/mol. The van der Waals surface area contributed by atoms with Gasteiger partial charge < -0.3 is 34.2 Å². The van der Waals surface area contributed by atoms with E-state index in [1.165, 1.54) is 31.6 Å². The summed E-state index contributed by atoms with van der Waals surface area (Å²) in [5.41, 5.74) is 4.02. The normalized spacial score (nSPS) is 18.2. The zero-order chi connectivity index (χ0) is 27.4. The molecule has 1 amide bonds. The van der Waals surface area contributed by atoms with Gasteiger partial charge in [0.05, 0.1) is 14.2 Å². The van der Waals surface area contributed by atoms with Gasteiger partial charge in [0.15, 0.2) is 17.7 Å². The number of rotatable bonds is 10. The zero-order valence-corrected chi connectivity index (χ0v) is 23.2. The number of ether oxygens (including phenoxy) is 3. The fourth-order valence-electron chi connectivity index (χ4n) is 4.75. The lowest BCUT2D eigenvalue weighted by Crippen LogP contribution is -2.49. The van der Waals surface area contributed by atoms with Crippen molar-refractivity contribution in [2.24, 2.45) is 4.99 Å². The average molecular weight is 527 g/mol. The Bertz CT molecular complexity index is 1230. The van der Waals surface area contributed by atoms with Crippen molar-refractivity contribution in [2.45, 2.75) is 52.2 Å². The lowest BCUT2D eigenvalue weighted by Gasteiger charge is -2.34. The molecule has 38 heavy (non-hydrogen) atoms. The van der Waals surface area contributed by atoms with Crippen LogP contribution in [-0.2, 0) is 21.3 Å². The van der Waals surface area contributed by atoms with Crippen molar-refractivity contribution in [3.05, 3.63) is 52.4 Å². The van der Waals surface area contributed by atoms with Crippen molar-refractivity contribution in [2.75, 3.05) is 40.9 Å². The number of carbonyl (C=O) groups excluding carboxylic acids is 1. The maximum absolute atomic E-state index is 13.1. The first kappa shape index (κ1) is 27.5. The number of benzene rings is 1. The number of likely N-dealkylation sites (N-methyl/N-ethyl adjacent to an activating group) is 1. The first-order valence-electron chi connectivity index (χ1n) is 12.8. The van der Waals surface area contributed by atoms with Gasteiger partial charge in [0, 0.05) is 20.1 Å². The summed E-state index contributed by atoms with van der Waals surface area (Å²) in [7, 11) is 4.82. The molecule has 206 valence electrons. The van der Waals surface area contributed by atoms with Crippen molar-refractivity contribution in [3.8, 4) is 11.8 Å². The average Bonchev–Trinajstić information content (AvgIpc) is 3.47. The van der Waals surface area contributed by atoms with Gasteiger partial charge in [-0.1, -0.05) is 26.8 Å². The van der Waals surface area contributed by atoms with Gasteiger partial charge in [-0.2, -0.15) is 4.98 Å². The largest absolute Gasteiger partial charge is 0.481 e. The highest BCUT2D eigenvalue weighted by Crippen LogP contribution is 2.42. The summed E-state index contributed by atoms with van der Waals surface area (Å²) >= 11 is 0. The molecule has 0 fully saturated rings. The van der Waals surface area contributed by atoms with Gasteiger partial charge >= 0.3 is 6.08 Å². The number of hydrogen-bond acceptors (Lipinski definition) is 10. The number of aliphatic imine (C=N–C) groups is 1. The van der Waals surface area contributed by atoms with Crippen LogP contribution in [0.25, 0.3) is 0 Å². The van der Waals surface area contributed by atoms with Crippen molar-refractivity contribution in [3.63, 3.8) is 0 Å². The predicted octanol–water partition coefficient (Wildman–Crippen LogP) is 3.02. The fraction of sp³-hybridized carbons (Fsp3) is 0.519. The highest BCUT2D eigenvalue weighted by molar-refractivity contribution is 6.02. The van der Waals surface area contributed by atoms with Crippen LogP contribution in [0.1, 0.15) is 54.4 Å². The molecule has 1 aliphatic carbocycles. The Labute approximate surface area is 223 Å². The van der Waals surface area contributed by atoms with Crippen LogP contribution in [0.3, 0.4) is 0 Å². The Kier molecular flexibility index (Phi) is 8.27. The topological polar surface area (TPSA) is 122 Å². The first-order chi connectivity index (χ1) is 18.2. The Morgan fingerprint density at radius 1 is 1.24 bits per heavy atom. The van der Waals surface area contributed by atoms with E-state index in [0.29, 0.717) is 18.2 Å². The minimum Gasteiger partial charge on any atom is -0.481 e. The molecular formula is C27H38N6O5. The lowest BCUT2D eigenvalue weighted by atomic mass is 9.86. The van der Waals surface area contributed by atoms with Gasteiger partial charge in [-0.25, -0.2) is 4.99 Å². The van der Waals surface area contributed by atoms with E-state index in [1.54, 1.807) is 4.90 Å². The first-order valence-corrected chi connectivity index (χ1v) is 12.8. The van der Waals surface area contributed by atoms with Crippen LogP contribution in [0.15, 0.2) is 39.4 Å². The molecule has 11 heteroatoms. The summed E-state index contributed by atoms with van der Waals surface area (Å²) in [4.78, 5) is 23.7. The summed E-state index contributed by atoms with van der Waals surface area (Å²) in [5, 5.41) is 9.37. The molecule has 11 nitrogen and oxygen atoms in total. The second kappa shape index (κ2) is 11.4. The van der Waals surface area contributed by atoms with Gasteiger partial charge in [0.2, 0.25) is 11.8 Å². The van der Waals surface area contributed by atoms with E-state index < -0.39 is 12.2 Å². The van der Waals surface area contributed by atoms with Crippen LogP contribution < -0.4 is 20.7 Å². The van der Waals surface area contributed by atoms with Crippen LogP contribution >= 0.6 is 0 Å². The number of hydrogen-bond donors (Lipinski definition) is 3. The molecule has 4 rings (SSSR count). The summed E-state index contributed by atoms with van der Waals surface area (Å²) in [6.07, 6.45) is 2.97. The van der Waals surface area contributed by atoms with Crippen LogP contribution in [0.5, 0.6) is 11.8 Å². The van der Waals surface area contributed by atoms with E-state index in [9.17, 15) is 4.79 Å². The molecule has 0 radical (unpaired) electrons. The number of methoxy groups -OCH3 is 2. The van der Waals surface area contributed by atoms with Crippen LogP contribution in [0, 0.1) is 6.92 Å². The van der Waals surface area contributed by atoms with Crippen molar-refractivity contribution in [1.82, 2.24) is 25.8 Å². The molecule has 2 aromatic rings. The minimum atomic E-state index is -0.517. The van der Waals surface area contributed by atoms with Crippen molar-refractivity contribution in [1.29, 1.82) is 0 Å². The number of amides is 1. The fourth-order valence-corrected chi connectivity index (χ4v) is 4.75. The number of aryl methyl sites for hydroxylation is 2. The molecule has 2 aliphatic rings. The summed E-state index contributed by atoms with van der Waals surface area (Å²) in [6.45, 7) is 10.9. The van der Waals surface area contributed by atoms with E-state index >= 15 is 0 Å². The molecular weight excluding hydrogens is 488 g/mol. The van der Waals surface area contributed by atoms with Gasteiger partial charge in [-0.15, -0.1) is 0 Å². The maximum Gasteiger partial charge on any atom is 0.399 e. The molecule has 0 saturated carbocycles. The number of carbonyl (C=O) groups is 1. The second-order valence-corrected chi connectivity index (χ2v) is 10.0. The van der Waals surface area contributed by atoms with Gasteiger partial charge in [-0.05, 0) is 54.5 Å². The van der Waals surface area contributed by atoms with Crippen LogP contribution in [0.2, 0.25) is 0 Å². The van der Waals surface area contributed by atoms with Gasteiger partial charge in [0.1, 0.15) is 12.0 Å². The number of nitrogens with zero attached hydrogens (tertiary/aromatic N) is 3. The van der Waals surface area contributed by atoms with Crippen LogP contribution in [0.4, 0.5) is 0 Å². The molecule has 0 saturated heterocycles. The number of fused-ring (bicyclic) bond motifs is 1. The molecule has 0 bridgehead atoms. The minimum absolute atomic E-state index is 0.0127. The van der Waals surface area contributed by atoms with Crippen LogP contribution in [-0.4, -0.2) is 68.9 Å². The van der Waals surface area contributed by atoms with E-state index in [4.69, 9.17) is 18.6 Å². The molecule has 1 aliphatic heterocycles. The SMILES string of the molecule is CCNCCNC1N=C(OC)C(NC(=O)c2coc(Oc3cc4c(cc3C)CCC4(C)C)n2)=C(OC)N1C. The van der Waals surface area contributed by atoms with Crippen molar-refractivity contribution >= 4 is 11.8 Å². The Morgan fingerprint density at radius 3 is 2.74 bits per heavy atom. The van der Waals surface area contributed by atoms with E-state index in [2.05, 4.69) is 51.9 Å². The standard InChI is InChI=1S/C27H38N6O5/c1-8-28-11-12-29-25-32-23(35-6)21(24(36-7)33(25)5)31-22(34)19-15-37-26(30-19)38-20-14-18-17(13-16(20)2)9-10-27(18,3)4/h13-15,25,28-29H,8-12H2,1-7H3,(H,31,34). The Balaban J connectivity index is 1.48. The molecule has 1 unspecified atom stereocenters. The zero-order valence-electron chi connectivity index (χ0n) is 23.2. The molecule has 1 atom stereocenters. The van der Waals surface area contributed by atoms with Crippen molar-refractivity contribution < 1.29 is 23.4 Å². The summed E-state index contributed by atoms with van der Waals surface area (Å²) in [6, 6.07) is 4.21. The van der Waals surface area contributed by atoms with Gasteiger partial charge in [-0.3, -0.25) is 10.1 Å². The monoisotopic (exact) mass is 526 g/mol. The third kappa shape index (κ3) is 5.63. The molecule has 1 aromatic carbocycles. The quantitative estimate of drug-likeness (QED) is 0.401. The Hall–Kier alpha value is -3.57. The highest BCUT2D eigenvalue weighted by Gasteiger charge is 2.33. The van der Waals surface area contributed by atoms with E-state index in [0.717, 1.165) is 31.5 Å². The third-order valence-corrected chi connectivity index (χ3v) is 6.92. The summed E-state index contributed by atoms with van der Waals surface area (Å²) < 4.78 is 22.5. The molecule has 2 heterocycles. The highest BCUT2D eigenvalue weighted by atomic mass is 16.6. The smallest absolute Gasteiger partial charge is 0.399 e. The lowest BCUT2D eigenvalue weighted by molar-refractivity contribution is 0.0927. The van der Waals surface area contributed by atoms with Gasteiger partial charge in [0.25, 0.3) is 5.91 Å². The third-order valence-electron chi connectivity index (χ3n) is 6.92. The molecule has 1 aromatic heterocycles. The maximum atomic E-state index is 13.1.